The smallest absolute Gasteiger partial charge is 0.0653 e. The van der Waals surface area contributed by atoms with Gasteiger partial charge in [-0.2, -0.15) is 5.10 Å². The number of aromatic nitrogens is 2. The third kappa shape index (κ3) is 2.07. The van der Waals surface area contributed by atoms with Crippen molar-refractivity contribution >= 4 is 0 Å². The van der Waals surface area contributed by atoms with Crippen LogP contribution < -0.4 is 5.32 Å². The zero-order valence-electron chi connectivity index (χ0n) is 10.1. The second-order valence-electron chi connectivity index (χ2n) is 4.88. The molecular weight excluding hydrogens is 186 g/mol. The summed E-state index contributed by atoms with van der Waals surface area (Å²) in [6.07, 6.45) is 2.71. The summed E-state index contributed by atoms with van der Waals surface area (Å²) in [6.45, 7) is 4.38. The van der Waals surface area contributed by atoms with Crippen molar-refractivity contribution in [3.8, 4) is 0 Å². The average molecular weight is 207 g/mol. The lowest BCUT2D eigenvalue weighted by Gasteiger charge is -2.15. The van der Waals surface area contributed by atoms with E-state index in [4.69, 9.17) is 0 Å². The summed E-state index contributed by atoms with van der Waals surface area (Å²) < 4.78 is 2.04. The lowest BCUT2D eigenvalue weighted by atomic mass is 10.1. The van der Waals surface area contributed by atoms with E-state index in [1.165, 1.54) is 24.2 Å². The van der Waals surface area contributed by atoms with Crippen molar-refractivity contribution in [2.45, 2.75) is 38.6 Å². The number of hydrogen-bond acceptors (Lipinski definition) is 2. The molecule has 0 saturated heterocycles. The molecule has 1 atom stereocenters. The fraction of sp³-hybridized carbons (Fsp3) is 0.750. The normalized spacial score (nSPS) is 18.5. The van der Waals surface area contributed by atoms with Gasteiger partial charge in [0, 0.05) is 7.05 Å². The highest BCUT2D eigenvalue weighted by molar-refractivity contribution is 5.18. The van der Waals surface area contributed by atoms with Gasteiger partial charge < -0.3 is 5.32 Å². The number of rotatable bonds is 4. The molecule has 3 nitrogen and oxygen atoms in total. The van der Waals surface area contributed by atoms with Crippen LogP contribution in [0.2, 0.25) is 0 Å². The molecule has 0 bridgehead atoms. The van der Waals surface area contributed by atoms with E-state index in [0.29, 0.717) is 12.0 Å². The van der Waals surface area contributed by atoms with Crippen LogP contribution in [-0.2, 0) is 7.05 Å². The summed E-state index contributed by atoms with van der Waals surface area (Å²) in [7, 11) is 4.10. The van der Waals surface area contributed by atoms with Gasteiger partial charge in [0.05, 0.1) is 17.4 Å². The number of nitrogens with zero attached hydrogens (tertiary/aromatic N) is 2. The first-order valence-electron chi connectivity index (χ1n) is 5.84. The Hall–Kier alpha value is -0.830. The number of nitrogens with one attached hydrogen (secondary N) is 1. The van der Waals surface area contributed by atoms with E-state index in [-0.39, 0.29) is 0 Å². The SMILES string of the molecule is CNC(c1cc(C(C)C)nn1C)C1CC1. The molecule has 0 aliphatic heterocycles. The molecule has 1 unspecified atom stereocenters. The van der Waals surface area contributed by atoms with Gasteiger partial charge in [-0.3, -0.25) is 4.68 Å². The molecule has 3 heteroatoms. The fourth-order valence-corrected chi connectivity index (χ4v) is 2.13. The van der Waals surface area contributed by atoms with Gasteiger partial charge in [-0.1, -0.05) is 13.8 Å². The Morgan fingerprint density at radius 1 is 1.47 bits per heavy atom. The third-order valence-electron chi connectivity index (χ3n) is 3.25. The molecule has 1 fully saturated rings. The van der Waals surface area contributed by atoms with E-state index >= 15 is 0 Å². The van der Waals surface area contributed by atoms with Gasteiger partial charge in [0.1, 0.15) is 0 Å². The monoisotopic (exact) mass is 207 g/mol. The Bertz CT molecular complexity index is 337. The van der Waals surface area contributed by atoms with Gasteiger partial charge in [-0.15, -0.1) is 0 Å². The number of hydrogen-bond donors (Lipinski definition) is 1. The lowest BCUT2D eigenvalue weighted by molar-refractivity contribution is 0.487. The minimum Gasteiger partial charge on any atom is -0.311 e. The van der Waals surface area contributed by atoms with E-state index in [0.717, 1.165) is 5.92 Å². The second kappa shape index (κ2) is 3.97. The molecule has 0 radical (unpaired) electrons. The molecule has 2 rings (SSSR count). The Morgan fingerprint density at radius 2 is 2.13 bits per heavy atom. The first kappa shape index (κ1) is 10.7. The van der Waals surface area contributed by atoms with Crippen molar-refractivity contribution in [2.24, 2.45) is 13.0 Å². The zero-order chi connectivity index (χ0) is 11.0. The molecule has 15 heavy (non-hydrogen) atoms. The minimum atomic E-state index is 0.495. The maximum absolute atomic E-state index is 4.57. The van der Waals surface area contributed by atoms with E-state index in [1.54, 1.807) is 0 Å². The highest BCUT2D eigenvalue weighted by Crippen LogP contribution is 2.40. The first-order chi connectivity index (χ1) is 7.13. The standard InChI is InChI=1S/C12H21N3/c1-8(2)10-7-11(15(4)14-10)12(13-3)9-5-6-9/h7-9,12-13H,5-6H2,1-4H3. The van der Waals surface area contributed by atoms with Crippen molar-refractivity contribution < 1.29 is 0 Å². The Kier molecular flexibility index (Phi) is 2.83. The second-order valence-corrected chi connectivity index (χ2v) is 4.88. The van der Waals surface area contributed by atoms with Crippen LogP contribution in [0.25, 0.3) is 0 Å². The maximum Gasteiger partial charge on any atom is 0.0653 e. The van der Waals surface area contributed by atoms with Gasteiger partial charge in [-0.05, 0) is 37.8 Å². The van der Waals surface area contributed by atoms with Crippen molar-refractivity contribution in [3.05, 3.63) is 17.5 Å². The maximum atomic E-state index is 4.57. The van der Waals surface area contributed by atoms with Crippen LogP contribution in [0.5, 0.6) is 0 Å². The van der Waals surface area contributed by atoms with E-state index in [9.17, 15) is 0 Å². The van der Waals surface area contributed by atoms with Gasteiger partial charge in [0.25, 0.3) is 0 Å². The highest BCUT2D eigenvalue weighted by Gasteiger charge is 2.33. The summed E-state index contributed by atoms with van der Waals surface area (Å²) in [5, 5.41) is 7.98. The molecule has 1 aromatic rings. The van der Waals surface area contributed by atoms with Gasteiger partial charge in [0.2, 0.25) is 0 Å². The molecular formula is C12H21N3. The van der Waals surface area contributed by atoms with Crippen molar-refractivity contribution in [1.82, 2.24) is 15.1 Å². The van der Waals surface area contributed by atoms with Crippen LogP contribution in [0.15, 0.2) is 6.07 Å². The first-order valence-corrected chi connectivity index (χ1v) is 5.84. The van der Waals surface area contributed by atoms with Crippen LogP contribution in [0.3, 0.4) is 0 Å². The summed E-state index contributed by atoms with van der Waals surface area (Å²) in [5.41, 5.74) is 2.54. The Balaban J connectivity index is 2.25. The summed E-state index contributed by atoms with van der Waals surface area (Å²) in [6, 6.07) is 2.75. The van der Waals surface area contributed by atoms with Crippen LogP contribution in [0.4, 0.5) is 0 Å². The molecule has 1 aliphatic carbocycles. The molecule has 0 amide bonds. The van der Waals surface area contributed by atoms with E-state index in [2.05, 4.69) is 30.3 Å². The zero-order valence-corrected chi connectivity index (χ0v) is 10.1. The largest absolute Gasteiger partial charge is 0.311 e. The Labute approximate surface area is 91.9 Å². The molecule has 1 aromatic heterocycles. The fourth-order valence-electron chi connectivity index (χ4n) is 2.13. The van der Waals surface area contributed by atoms with Crippen LogP contribution in [-0.4, -0.2) is 16.8 Å². The van der Waals surface area contributed by atoms with Crippen LogP contribution >= 0.6 is 0 Å². The summed E-state index contributed by atoms with van der Waals surface area (Å²) >= 11 is 0. The van der Waals surface area contributed by atoms with Crippen LogP contribution in [0, 0.1) is 5.92 Å². The van der Waals surface area contributed by atoms with Crippen molar-refractivity contribution in [1.29, 1.82) is 0 Å². The molecule has 1 saturated carbocycles. The summed E-state index contributed by atoms with van der Waals surface area (Å²) in [4.78, 5) is 0. The third-order valence-corrected chi connectivity index (χ3v) is 3.25. The molecule has 1 aliphatic rings. The summed E-state index contributed by atoms with van der Waals surface area (Å²) in [5.74, 6) is 1.34. The Morgan fingerprint density at radius 3 is 2.53 bits per heavy atom. The highest BCUT2D eigenvalue weighted by atomic mass is 15.3. The van der Waals surface area contributed by atoms with E-state index < -0.39 is 0 Å². The van der Waals surface area contributed by atoms with Gasteiger partial charge in [0.15, 0.2) is 0 Å². The average Bonchev–Trinajstić information content (AvgIpc) is 2.93. The van der Waals surface area contributed by atoms with Gasteiger partial charge in [-0.25, -0.2) is 0 Å². The quantitative estimate of drug-likeness (QED) is 0.820. The predicted octanol–water partition coefficient (Wildman–Crippen LogP) is 2.21. The molecule has 1 N–H and O–H groups in total. The molecule has 0 aromatic carbocycles. The van der Waals surface area contributed by atoms with Gasteiger partial charge >= 0.3 is 0 Å². The molecule has 84 valence electrons. The van der Waals surface area contributed by atoms with E-state index in [1.807, 2.05) is 18.8 Å². The molecule has 0 spiro atoms. The van der Waals surface area contributed by atoms with Crippen LogP contribution in [0.1, 0.15) is 50.0 Å². The lowest BCUT2D eigenvalue weighted by Crippen LogP contribution is -2.21. The topological polar surface area (TPSA) is 29.9 Å². The molecule has 1 heterocycles. The van der Waals surface area contributed by atoms with Crippen molar-refractivity contribution in [3.63, 3.8) is 0 Å². The van der Waals surface area contributed by atoms with Crippen molar-refractivity contribution in [2.75, 3.05) is 7.05 Å². The minimum absolute atomic E-state index is 0.495. The number of aryl methyl sites for hydroxylation is 1. The predicted molar refractivity (Wildman–Crippen MR) is 61.8 cm³/mol.